The minimum Gasteiger partial charge on any atom is -0.351 e. The van der Waals surface area contributed by atoms with Crippen LogP contribution in [-0.4, -0.2) is 48.0 Å². The van der Waals surface area contributed by atoms with Crippen molar-refractivity contribution in [1.29, 1.82) is 0 Å². The highest BCUT2D eigenvalue weighted by atomic mass is 19.1. The largest absolute Gasteiger partial charge is 0.351 e. The van der Waals surface area contributed by atoms with E-state index in [0.717, 1.165) is 13.0 Å². The highest BCUT2D eigenvalue weighted by Crippen LogP contribution is 2.17. The Balaban J connectivity index is 2.05. The maximum absolute atomic E-state index is 13.7. The van der Waals surface area contributed by atoms with E-state index < -0.39 is 5.82 Å². The molecule has 128 valence electrons. The number of hydrogen-bond donors (Lipinski definition) is 2. The fourth-order valence-corrected chi connectivity index (χ4v) is 2.11. The molecular weight excluding hydrogens is 309 g/mol. The van der Waals surface area contributed by atoms with E-state index in [0.29, 0.717) is 12.2 Å². The van der Waals surface area contributed by atoms with Gasteiger partial charge in [0.1, 0.15) is 11.5 Å². The standard InChI is InChI=1S/C17H22FN5O/c1-12-11-15(16(24)19-9-6-10-23(2)3)22-17(20-12)21-14-8-5-4-7-13(14)18/h4-5,7-8,11H,6,9-10H2,1-3H3,(H,19,24)(H,20,21,22). The predicted octanol–water partition coefficient (Wildman–Crippen LogP) is 2.35. The van der Waals surface area contributed by atoms with Gasteiger partial charge in [0.15, 0.2) is 0 Å². The van der Waals surface area contributed by atoms with Crippen LogP contribution in [0.2, 0.25) is 0 Å². The number of para-hydroxylation sites is 1. The van der Waals surface area contributed by atoms with E-state index in [1.165, 1.54) is 6.07 Å². The Bertz CT molecular complexity index is 705. The number of nitrogens with zero attached hydrogens (tertiary/aromatic N) is 3. The minimum atomic E-state index is -0.405. The first-order valence-electron chi connectivity index (χ1n) is 7.76. The van der Waals surface area contributed by atoms with E-state index in [1.54, 1.807) is 31.2 Å². The van der Waals surface area contributed by atoms with Crippen LogP contribution in [0.5, 0.6) is 0 Å². The van der Waals surface area contributed by atoms with Gasteiger partial charge in [0.05, 0.1) is 5.69 Å². The second-order valence-electron chi connectivity index (χ2n) is 5.74. The van der Waals surface area contributed by atoms with Crippen molar-refractivity contribution in [3.8, 4) is 0 Å². The van der Waals surface area contributed by atoms with Gasteiger partial charge in [-0.3, -0.25) is 4.79 Å². The molecule has 24 heavy (non-hydrogen) atoms. The second-order valence-corrected chi connectivity index (χ2v) is 5.74. The number of aromatic nitrogens is 2. The first kappa shape index (κ1) is 17.8. The summed E-state index contributed by atoms with van der Waals surface area (Å²) in [5, 5.41) is 5.63. The number of benzene rings is 1. The molecule has 2 aromatic rings. The Morgan fingerprint density at radius 1 is 1.25 bits per heavy atom. The van der Waals surface area contributed by atoms with Crippen molar-refractivity contribution in [3.05, 3.63) is 47.5 Å². The summed E-state index contributed by atoms with van der Waals surface area (Å²) in [4.78, 5) is 22.6. The zero-order valence-corrected chi connectivity index (χ0v) is 14.1. The van der Waals surface area contributed by atoms with E-state index >= 15 is 0 Å². The summed E-state index contributed by atoms with van der Waals surface area (Å²) in [5.74, 6) is -0.480. The normalized spacial score (nSPS) is 10.7. The maximum Gasteiger partial charge on any atom is 0.270 e. The van der Waals surface area contributed by atoms with Gasteiger partial charge in [-0.1, -0.05) is 12.1 Å². The monoisotopic (exact) mass is 331 g/mol. The molecule has 0 radical (unpaired) electrons. The first-order chi connectivity index (χ1) is 11.5. The van der Waals surface area contributed by atoms with Gasteiger partial charge < -0.3 is 15.5 Å². The number of rotatable bonds is 7. The molecule has 0 unspecified atom stereocenters. The van der Waals surface area contributed by atoms with Crippen LogP contribution in [0.3, 0.4) is 0 Å². The smallest absolute Gasteiger partial charge is 0.270 e. The van der Waals surface area contributed by atoms with E-state index in [4.69, 9.17) is 0 Å². The molecule has 0 atom stereocenters. The predicted molar refractivity (Wildman–Crippen MR) is 92.0 cm³/mol. The Morgan fingerprint density at radius 3 is 2.71 bits per heavy atom. The highest BCUT2D eigenvalue weighted by molar-refractivity contribution is 5.92. The number of carbonyl (C=O) groups is 1. The molecule has 0 bridgehead atoms. The molecule has 7 heteroatoms. The quantitative estimate of drug-likeness (QED) is 0.762. The summed E-state index contributed by atoms with van der Waals surface area (Å²) < 4.78 is 13.7. The Hall–Kier alpha value is -2.54. The molecule has 2 N–H and O–H groups in total. The zero-order chi connectivity index (χ0) is 17.5. The lowest BCUT2D eigenvalue weighted by molar-refractivity contribution is 0.0947. The van der Waals surface area contributed by atoms with Crippen LogP contribution in [0.25, 0.3) is 0 Å². The maximum atomic E-state index is 13.7. The van der Waals surface area contributed by atoms with Crippen LogP contribution in [0, 0.1) is 12.7 Å². The van der Waals surface area contributed by atoms with Gasteiger partial charge in [0, 0.05) is 12.2 Å². The average molecular weight is 331 g/mol. The average Bonchev–Trinajstić information content (AvgIpc) is 2.53. The van der Waals surface area contributed by atoms with Crippen LogP contribution < -0.4 is 10.6 Å². The summed E-state index contributed by atoms with van der Waals surface area (Å²) >= 11 is 0. The lowest BCUT2D eigenvalue weighted by atomic mass is 10.3. The number of halogens is 1. The summed E-state index contributed by atoms with van der Waals surface area (Å²) in [7, 11) is 3.96. The van der Waals surface area contributed by atoms with Crippen molar-refractivity contribution in [2.75, 3.05) is 32.5 Å². The molecule has 1 aromatic heterocycles. The molecule has 2 rings (SSSR count). The van der Waals surface area contributed by atoms with Crippen LogP contribution >= 0.6 is 0 Å². The van der Waals surface area contributed by atoms with E-state index in [9.17, 15) is 9.18 Å². The van der Waals surface area contributed by atoms with Crippen LogP contribution in [0.1, 0.15) is 22.6 Å². The summed E-state index contributed by atoms with van der Waals surface area (Å²) in [6.07, 6.45) is 0.850. The van der Waals surface area contributed by atoms with Crippen molar-refractivity contribution in [2.45, 2.75) is 13.3 Å². The van der Waals surface area contributed by atoms with Crippen molar-refractivity contribution in [2.24, 2.45) is 0 Å². The number of anilines is 2. The topological polar surface area (TPSA) is 70.2 Å². The number of hydrogen-bond acceptors (Lipinski definition) is 5. The number of aryl methyl sites for hydroxylation is 1. The lowest BCUT2D eigenvalue weighted by Gasteiger charge is -2.11. The second kappa shape index (κ2) is 8.35. The molecule has 0 aliphatic heterocycles. The summed E-state index contributed by atoms with van der Waals surface area (Å²) in [6.45, 7) is 3.22. The number of carbonyl (C=O) groups excluding carboxylic acids is 1. The molecule has 1 amide bonds. The Kier molecular flexibility index (Phi) is 6.20. The molecule has 0 saturated carbocycles. The molecule has 6 nitrogen and oxygen atoms in total. The summed E-state index contributed by atoms with van der Waals surface area (Å²) in [6, 6.07) is 7.84. The zero-order valence-electron chi connectivity index (χ0n) is 14.1. The Labute approximate surface area is 141 Å². The SMILES string of the molecule is Cc1cc(C(=O)NCCCN(C)C)nc(Nc2ccccc2F)n1. The van der Waals surface area contributed by atoms with E-state index in [1.807, 2.05) is 14.1 Å². The molecule has 0 fully saturated rings. The molecule has 0 aliphatic carbocycles. The van der Waals surface area contributed by atoms with Crippen molar-refractivity contribution < 1.29 is 9.18 Å². The molecular formula is C17H22FN5O. The van der Waals surface area contributed by atoms with Crippen molar-refractivity contribution in [1.82, 2.24) is 20.2 Å². The van der Waals surface area contributed by atoms with E-state index in [-0.39, 0.29) is 23.2 Å². The van der Waals surface area contributed by atoms with Crippen molar-refractivity contribution in [3.63, 3.8) is 0 Å². The third kappa shape index (κ3) is 5.27. The lowest BCUT2D eigenvalue weighted by Crippen LogP contribution is -2.28. The van der Waals surface area contributed by atoms with Gasteiger partial charge in [-0.25, -0.2) is 14.4 Å². The third-order valence-electron chi connectivity index (χ3n) is 3.27. The van der Waals surface area contributed by atoms with Gasteiger partial charge >= 0.3 is 0 Å². The summed E-state index contributed by atoms with van der Waals surface area (Å²) in [5.41, 5.74) is 1.15. The Morgan fingerprint density at radius 2 is 2.00 bits per heavy atom. The highest BCUT2D eigenvalue weighted by Gasteiger charge is 2.11. The van der Waals surface area contributed by atoms with Gasteiger partial charge in [0.2, 0.25) is 5.95 Å². The molecule has 0 spiro atoms. The van der Waals surface area contributed by atoms with E-state index in [2.05, 4.69) is 25.5 Å². The molecule has 0 saturated heterocycles. The fraction of sp³-hybridized carbons (Fsp3) is 0.353. The number of amides is 1. The fourth-order valence-electron chi connectivity index (χ4n) is 2.11. The molecule has 0 aliphatic rings. The van der Waals surface area contributed by atoms with Gasteiger partial charge in [-0.05, 0) is 52.2 Å². The minimum absolute atomic E-state index is 0.193. The van der Waals surface area contributed by atoms with Gasteiger partial charge in [0.25, 0.3) is 5.91 Å². The first-order valence-corrected chi connectivity index (χ1v) is 7.76. The van der Waals surface area contributed by atoms with Crippen LogP contribution in [0.15, 0.2) is 30.3 Å². The third-order valence-corrected chi connectivity index (χ3v) is 3.27. The van der Waals surface area contributed by atoms with Gasteiger partial charge in [-0.15, -0.1) is 0 Å². The number of nitrogens with one attached hydrogen (secondary N) is 2. The van der Waals surface area contributed by atoms with Crippen LogP contribution in [0.4, 0.5) is 16.0 Å². The molecule has 1 heterocycles. The van der Waals surface area contributed by atoms with Crippen LogP contribution in [-0.2, 0) is 0 Å². The molecule has 1 aromatic carbocycles. The van der Waals surface area contributed by atoms with Gasteiger partial charge in [-0.2, -0.15) is 0 Å². The van der Waals surface area contributed by atoms with Crippen molar-refractivity contribution >= 4 is 17.5 Å².